The van der Waals surface area contributed by atoms with E-state index in [0.29, 0.717) is 17.9 Å². The Labute approximate surface area is 149 Å². The minimum absolute atomic E-state index is 0.0702. The first-order chi connectivity index (χ1) is 11.4. The minimum atomic E-state index is -0.306. The second-order valence-corrected chi connectivity index (χ2v) is 9.81. The molecule has 2 amide bonds. The minimum Gasteiger partial charge on any atom is -0.347 e. The van der Waals surface area contributed by atoms with Crippen LogP contribution < -0.4 is 5.32 Å². The van der Waals surface area contributed by atoms with Crippen molar-refractivity contribution >= 4 is 23.4 Å². The molecule has 4 nitrogen and oxygen atoms in total. The van der Waals surface area contributed by atoms with Gasteiger partial charge in [0.05, 0.1) is 12.0 Å². The number of alkyl halides is 1. The highest BCUT2D eigenvalue weighted by atomic mass is 35.5. The number of halogens is 1. The standard InChI is InChI=1S/C19H29ClN2O2/c1-13-4-2-3-5-22(13)16(23)11-21-17(24)18-7-14-6-15(8-18)10-19(20,9-14)12-18/h13-15H,2-12H2,1H3,(H,21,24). The normalized spacial score (nSPS) is 43.8. The lowest BCUT2D eigenvalue weighted by Gasteiger charge is -2.59. The van der Waals surface area contributed by atoms with Crippen molar-refractivity contribution in [1.29, 1.82) is 0 Å². The zero-order valence-corrected chi connectivity index (χ0v) is 15.4. The van der Waals surface area contributed by atoms with Crippen LogP contribution in [0.4, 0.5) is 0 Å². The van der Waals surface area contributed by atoms with Gasteiger partial charge in [-0.2, -0.15) is 0 Å². The van der Waals surface area contributed by atoms with Gasteiger partial charge in [0.15, 0.2) is 0 Å². The summed E-state index contributed by atoms with van der Waals surface area (Å²) in [7, 11) is 0. The maximum Gasteiger partial charge on any atom is 0.242 e. The molecule has 5 aliphatic rings. The number of piperidine rings is 1. The highest BCUT2D eigenvalue weighted by Crippen LogP contribution is 2.63. The van der Waals surface area contributed by atoms with E-state index in [1.807, 2.05) is 4.90 Å². The molecule has 5 heteroatoms. The van der Waals surface area contributed by atoms with E-state index >= 15 is 0 Å². The fraction of sp³-hybridized carbons (Fsp3) is 0.895. The molecule has 3 atom stereocenters. The number of hydrogen-bond acceptors (Lipinski definition) is 2. The van der Waals surface area contributed by atoms with Crippen LogP contribution >= 0.6 is 11.6 Å². The van der Waals surface area contributed by atoms with E-state index in [1.54, 1.807) is 0 Å². The third kappa shape index (κ3) is 2.85. The van der Waals surface area contributed by atoms with Crippen LogP contribution in [0, 0.1) is 17.3 Å². The monoisotopic (exact) mass is 352 g/mol. The molecule has 0 aromatic carbocycles. The zero-order valence-electron chi connectivity index (χ0n) is 14.7. The lowest BCUT2D eigenvalue weighted by molar-refractivity contribution is -0.147. The molecular formula is C19H29ClN2O2. The quantitative estimate of drug-likeness (QED) is 0.793. The van der Waals surface area contributed by atoms with Crippen LogP contribution in [0.5, 0.6) is 0 Å². The molecule has 4 bridgehead atoms. The van der Waals surface area contributed by atoms with Crippen molar-refractivity contribution in [3.8, 4) is 0 Å². The number of amides is 2. The first kappa shape index (κ1) is 16.7. The number of hydrogen-bond donors (Lipinski definition) is 1. The van der Waals surface area contributed by atoms with E-state index in [1.165, 1.54) is 12.8 Å². The van der Waals surface area contributed by atoms with Crippen LogP contribution in [0.25, 0.3) is 0 Å². The maximum absolute atomic E-state index is 13.0. The molecule has 4 aliphatic carbocycles. The van der Waals surface area contributed by atoms with Crippen LogP contribution in [0.2, 0.25) is 0 Å². The first-order valence-corrected chi connectivity index (χ1v) is 10.0. The summed E-state index contributed by atoms with van der Waals surface area (Å²) in [6.45, 7) is 3.08. The van der Waals surface area contributed by atoms with Crippen LogP contribution in [0.3, 0.4) is 0 Å². The Balaban J connectivity index is 1.39. The van der Waals surface area contributed by atoms with Crippen molar-refractivity contribution in [3.05, 3.63) is 0 Å². The molecule has 5 rings (SSSR count). The van der Waals surface area contributed by atoms with Gasteiger partial charge < -0.3 is 10.2 Å². The molecule has 5 fully saturated rings. The van der Waals surface area contributed by atoms with Crippen molar-refractivity contribution in [2.24, 2.45) is 17.3 Å². The zero-order chi connectivity index (χ0) is 16.9. The van der Waals surface area contributed by atoms with E-state index in [2.05, 4.69) is 12.2 Å². The fourth-order valence-corrected chi connectivity index (χ4v) is 7.02. The largest absolute Gasteiger partial charge is 0.347 e. The summed E-state index contributed by atoms with van der Waals surface area (Å²) in [5, 5.41) is 2.99. The second-order valence-electron chi connectivity index (χ2n) is 9.01. The van der Waals surface area contributed by atoms with Crippen molar-refractivity contribution in [3.63, 3.8) is 0 Å². The number of carbonyl (C=O) groups excluding carboxylic acids is 2. The number of nitrogens with one attached hydrogen (secondary N) is 1. The van der Waals surface area contributed by atoms with E-state index in [9.17, 15) is 9.59 Å². The summed E-state index contributed by atoms with van der Waals surface area (Å²) >= 11 is 6.81. The smallest absolute Gasteiger partial charge is 0.242 e. The Hall–Kier alpha value is -0.770. The van der Waals surface area contributed by atoms with E-state index < -0.39 is 0 Å². The average molecular weight is 353 g/mol. The Bertz CT molecular complexity index is 535. The third-order valence-electron chi connectivity index (χ3n) is 6.99. The summed E-state index contributed by atoms with van der Waals surface area (Å²) in [6.07, 6.45) is 9.47. The van der Waals surface area contributed by atoms with Gasteiger partial charge in [0, 0.05) is 17.5 Å². The number of rotatable bonds is 3. The molecule has 1 saturated heterocycles. The van der Waals surface area contributed by atoms with Crippen molar-refractivity contribution in [1.82, 2.24) is 10.2 Å². The molecule has 0 aromatic rings. The molecule has 1 heterocycles. The van der Waals surface area contributed by atoms with Crippen molar-refractivity contribution in [2.75, 3.05) is 13.1 Å². The predicted molar refractivity (Wildman–Crippen MR) is 93.7 cm³/mol. The molecule has 0 spiro atoms. The average Bonchev–Trinajstić information content (AvgIpc) is 2.50. The van der Waals surface area contributed by atoms with Gasteiger partial charge in [0.25, 0.3) is 0 Å². The maximum atomic E-state index is 13.0. The summed E-state index contributed by atoms with van der Waals surface area (Å²) in [5.41, 5.74) is -0.306. The van der Waals surface area contributed by atoms with Gasteiger partial charge in [-0.15, -0.1) is 11.6 Å². The molecule has 1 N–H and O–H groups in total. The van der Waals surface area contributed by atoms with Crippen LogP contribution in [-0.4, -0.2) is 40.7 Å². The van der Waals surface area contributed by atoms with Crippen molar-refractivity contribution in [2.45, 2.75) is 75.6 Å². The van der Waals surface area contributed by atoms with Gasteiger partial charge in [0.2, 0.25) is 11.8 Å². The van der Waals surface area contributed by atoms with E-state index in [-0.39, 0.29) is 28.6 Å². The SMILES string of the molecule is CC1CCCCN1C(=O)CNC(=O)C12CC3CC(CC(Cl)(C3)C1)C2. The van der Waals surface area contributed by atoms with Crippen LogP contribution in [-0.2, 0) is 9.59 Å². The Morgan fingerprint density at radius 1 is 1.17 bits per heavy atom. The van der Waals surface area contributed by atoms with Gasteiger partial charge in [-0.3, -0.25) is 9.59 Å². The van der Waals surface area contributed by atoms with Gasteiger partial charge in [-0.05, 0) is 76.5 Å². The topological polar surface area (TPSA) is 49.4 Å². The molecule has 134 valence electrons. The Morgan fingerprint density at radius 3 is 2.50 bits per heavy atom. The molecule has 1 aliphatic heterocycles. The second kappa shape index (κ2) is 5.89. The molecule has 0 radical (unpaired) electrons. The number of carbonyl (C=O) groups is 2. The third-order valence-corrected chi connectivity index (χ3v) is 7.44. The number of nitrogens with zero attached hydrogens (tertiary/aromatic N) is 1. The fourth-order valence-electron chi connectivity index (χ4n) is 6.33. The van der Waals surface area contributed by atoms with Gasteiger partial charge in [-0.1, -0.05) is 0 Å². The number of likely N-dealkylation sites (tertiary alicyclic amines) is 1. The highest BCUT2D eigenvalue weighted by Gasteiger charge is 2.60. The Morgan fingerprint density at radius 2 is 1.88 bits per heavy atom. The summed E-state index contributed by atoms with van der Waals surface area (Å²) in [6, 6.07) is 0.300. The lowest BCUT2D eigenvalue weighted by atomic mass is 9.49. The van der Waals surface area contributed by atoms with Crippen LogP contribution in [0.1, 0.15) is 64.7 Å². The highest BCUT2D eigenvalue weighted by molar-refractivity contribution is 6.24. The van der Waals surface area contributed by atoms with Gasteiger partial charge in [0.1, 0.15) is 0 Å². The van der Waals surface area contributed by atoms with E-state index in [0.717, 1.165) is 51.5 Å². The van der Waals surface area contributed by atoms with Gasteiger partial charge >= 0.3 is 0 Å². The van der Waals surface area contributed by atoms with E-state index in [4.69, 9.17) is 11.6 Å². The van der Waals surface area contributed by atoms with Crippen molar-refractivity contribution < 1.29 is 9.59 Å². The van der Waals surface area contributed by atoms with Gasteiger partial charge in [-0.25, -0.2) is 0 Å². The summed E-state index contributed by atoms with van der Waals surface area (Å²) < 4.78 is 0. The molecule has 24 heavy (non-hydrogen) atoms. The van der Waals surface area contributed by atoms with Crippen LogP contribution in [0.15, 0.2) is 0 Å². The summed E-state index contributed by atoms with van der Waals surface area (Å²) in [5.74, 6) is 1.36. The first-order valence-electron chi connectivity index (χ1n) is 9.66. The Kier molecular flexibility index (Phi) is 4.10. The molecule has 4 saturated carbocycles. The summed E-state index contributed by atoms with van der Waals surface area (Å²) in [4.78, 5) is 27.2. The lowest BCUT2D eigenvalue weighted by Crippen LogP contribution is -2.59. The predicted octanol–water partition coefficient (Wildman–Crippen LogP) is 3.08. The molecule has 3 unspecified atom stereocenters. The molecular weight excluding hydrogens is 324 g/mol. The molecule has 0 aromatic heterocycles.